The van der Waals surface area contributed by atoms with Crippen LogP contribution in [0.3, 0.4) is 0 Å². The summed E-state index contributed by atoms with van der Waals surface area (Å²) in [4.78, 5) is 11.9. The molecule has 0 unspecified atom stereocenters. The Labute approximate surface area is 128 Å². The van der Waals surface area contributed by atoms with Crippen LogP contribution in [0.5, 0.6) is 0 Å². The van der Waals surface area contributed by atoms with E-state index in [2.05, 4.69) is 20.1 Å². The van der Waals surface area contributed by atoms with Gasteiger partial charge >= 0.3 is 6.09 Å². The molecule has 2 heterocycles. The Balaban J connectivity index is 1.30. The van der Waals surface area contributed by atoms with Gasteiger partial charge in [0.1, 0.15) is 18.3 Å². The lowest BCUT2D eigenvalue weighted by Gasteiger charge is -2.12. The van der Waals surface area contributed by atoms with Crippen LogP contribution in [-0.2, 0) is 24.3 Å². The van der Waals surface area contributed by atoms with Crippen LogP contribution in [0, 0.1) is 0 Å². The van der Waals surface area contributed by atoms with E-state index in [1.165, 1.54) is 12.8 Å². The van der Waals surface area contributed by atoms with E-state index in [1.807, 2.05) is 30.3 Å². The molecule has 1 atom stereocenters. The molecule has 1 aromatic heterocycles. The standard InChI is InChI=1S/C16H18N4O2/c21-16(22-10-11-4-2-1-3-5-11)17-13-8-14-18-19-15(12-6-7-12)20(14)9-13/h1-5,12-13H,6-10H2,(H,17,21)/t13-/m0/s1. The number of ether oxygens (including phenoxy) is 1. The first-order valence-electron chi connectivity index (χ1n) is 7.69. The fraction of sp³-hybridized carbons (Fsp3) is 0.438. The Morgan fingerprint density at radius 3 is 2.86 bits per heavy atom. The number of aromatic nitrogens is 3. The molecule has 1 fully saturated rings. The van der Waals surface area contributed by atoms with Gasteiger partial charge in [-0.3, -0.25) is 0 Å². The predicted octanol–water partition coefficient (Wildman–Crippen LogP) is 2.01. The van der Waals surface area contributed by atoms with Gasteiger partial charge in [0.05, 0.1) is 6.04 Å². The lowest BCUT2D eigenvalue weighted by atomic mass is 10.2. The Hall–Kier alpha value is -2.37. The van der Waals surface area contributed by atoms with Crippen molar-refractivity contribution in [3.63, 3.8) is 0 Å². The Kier molecular flexibility index (Phi) is 3.29. The van der Waals surface area contributed by atoms with Crippen LogP contribution in [0.15, 0.2) is 30.3 Å². The first-order chi connectivity index (χ1) is 10.8. The van der Waals surface area contributed by atoms with Gasteiger partial charge in [0.15, 0.2) is 0 Å². The molecule has 1 aromatic carbocycles. The number of nitrogens with zero attached hydrogens (tertiary/aromatic N) is 3. The molecular formula is C16H18N4O2. The van der Waals surface area contributed by atoms with Gasteiger partial charge < -0.3 is 14.6 Å². The Morgan fingerprint density at radius 1 is 1.27 bits per heavy atom. The average molecular weight is 298 g/mol. The van der Waals surface area contributed by atoms with E-state index in [0.717, 1.165) is 30.2 Å². The lowest BCUT2D eigenvalue weighted by Crippen LogP contribution is -2.36. The molecule has 4 rings (SSSR count). The SMILES string of the molecule is O=C(N[C@H]1Cc2nnc(C3CC3)n2C1)OCc1ccccc1. The highest BCUT2D eigenvalue weighted by Gasteiger charge is 2.34. The van der Waals surface area contributed by atoms with Gasteiger partial charge in [-0.2, -0.15) is 0 Å². The summed E-state index contributed by atoms with van der Waals surface area (Å²) in [5.74, 6) is 2.62. The van der Waals surface area contributed by atoms with Crippen molar-refractivity contribution in [2.24, 2.45) is 0 Å². The van der Waals surface area contributed by atoms with E-state index < -0.39 is 0 Å². The molecule has 2 aliphatic rings. The first-order valence-corrected chi connectivity index (χ1v) is 7.69. The predicted molar refractivity (Wildman–Crippen MR) is 79.3 cm³/mol. The molecule has 6 nitrogen and oxygen atoms in total. The maximum atomic E-state index is 11.9. The van der Waals surface area contributed by atoms with E-state index in [0.29, 0.717) is 12.5 Å². The number of rotatable bonds is 4. The molecule has 1 N–H and O–H groups in total. The van der Waals surface area contributed by atoms with E-state index in [4.69, 9.17) is 4.74 Å². The molecule has 1 amide bonds. The third kappa shape index (κ3) is 2.68. The monoisotopic (exact) mass is 298 g/mol. The van der Waals surface area contributed by atoms with Crippen LogP contribution in [0.2, 0.25) is 0 Å². The Bertz CT molecular complexity index is 679. The summed E-state index contributed by atoms with van der Waals surface area (Å²) >= 11 is 0. The third-order valence-electron chi connectivity index (χ3n) is 4.17. The van der Waals surface area contributed by atoms with Crippen LogP contribution >= 0.6 is 0 Å². The zero-order valence-electron chi connectivity index (χ0n) is 12.2. The summed E-state index contributed by atoms with van der Waals surface area (Å²) in [5.41, 5.74) is 0.984. The van der Waals surface area contributed by atoms with Crippen molar-refractivity contribution in [1.29, 1.82) is 0 Å². The van der Waals surface area contributed by atoms with Crippen molar-refractivity contribution in [3.8, 4) is 0 Å². The van der Waals surface area contributed by atoms with Gasteiger partial charge in [-0.15, -0.1) is 10.2 Å². The number of hydrogen-bond acceptors (Lipinski definition) is 4. The molecule has 0 radical (unpaired) electrons. The molecule has 1 aliphatic carbocycles. The molecule has 6 heteroatoms. The van der Waals surface area contributed by atoms with Crippen LogP contribution in [0.1, 0.15) is 36.0 Å². The fourth-order valence-corrected chi connectivity index (χ4v) is 2.88. The van der Waals surface area contributed by atoms with Crippen molar-refractivity contribution >= 4 is 6.09 Å². The van der Waals surface area contributed by atoms with Gasteiger partial charge in [-0.1, -0.05) is 30.3 Å². The van der Waals surface area contributed by atoms with Gasteiger partial charge in [0.2, 0.25) is 0 Å². The molecule has 0 bridgehead atoms. The highest BCUT2D eigenvalue weighted by Crippen LogP contribution is 2.40. The van der Waals surface area contributed by atoms with Crippen molar-refractivity contribution < 1.29 is 9.53 Å². The second kappa shape index (κ2) is 5.44. The second-order valence-electron chi connectivity index (χ2n) is 5.97. The normalized spacial score (nSPS) is 19.7. The third-order valence-corrected chi connectivity index (χ3v) is 4.17. The highest BCUT2D eigenvalue weighted by atomic mass is 16.5. The second-order valence-corrected chi connectivity index (χ2v) is 5.97. The molecule has 114 valence electrons. The zero-order chi connectivity index (χ0) is 14.9. The number of nitrogens with one attached hydrogen (secondary N) is 1. The number of carbonyl (C=O) groups excluding carboxylic acids is 1. The highest BCUT2D eigenvalue weighted by molar-refractivity contribution is 5.67. The van der Waals surface area contributed by atoms with E-state index >= 15 is 0 Å². The number of alkyl carbamates (subject to hydrolysis) is 1. The summed E-state index contributed by atoms with van der Waals surface area (Å²) in [6, 6.07) is 9.72. The maximum absolute atomic E-state index is 11.9. The number of benzene rings is 1. The lowest BCUT2D eigenvalue weighted by molar-refractivity contribution is 0.135. The van der Waals surface area contributed by atoms with Gasteiger partial charge in [0.25, 0.3) is 0 Å². The molecule has 2 aromatic rings. The zero-order valence-corrected chi connectivity index (χ0v) is 12.2. The topological polar surface area (TPSA) is 69.0 Å². The minimum absolute atomic E-state index is 0.0475. The summed E-state index contributed by atoms with van der Waals surface area (Å²) in [7, 11) is 0. The Morgan fingerprint density at radius 2 is 2.09 bits per heavy atom. The van der Waals surface area contributed by atoms with Gasteiger partial charge in [-0.05, 0) is 18.4 Å². The summed E-state index contributed by atoms with van der Waals surface area (Å²) in [5, 5.41) is 11.4. The largest absolute Gasteiger partial charge is 0.445 e. The summed E-state index contributed by atoms with van der Waals surface area (Å²) in [6.45, 7) is 1.04. The first kappa shape index (κ1) is 13.3. The molecular weight excluding hydrogens is 280 g/mol. The van der Waals surface area contributed by atoms with E-state index in [1.54, 1.807) is 0 Å². The number of amides is 1. The van der Waals surface area contributed by atoms with Crippen LogP contribution in [-0.4, -0.2) is 26.9 Å². The quantitative estimate of drug-likeness (QED) is 0.937. The minimum Gasteiger partial charge on any atom is -0.445 e. The van der Waals surface area contributed by atoms with Gasteiger partial charge in [0, 0.05) is 18.9 Å². The smallest absolute Gasteiger partial charge is 0.407 e. The molecule has 0 spiro atoms. The molecule has 0 saturated heterocycles. The number of carbonyl (C=O) groups is 1. The summed E-state index contributed by atoms with van der Waals surface area (Å²) in [6.07, 6.45) is 2.76. The van der Waals surface area contributed by atoms with Crippen LogP contribution < -0.4 is 5.32 Å². The van der Waals surface area contributed by atoms with Crippen LogP contribution in [0.25, 0.3) is 0 Å². The summed E-state index contributed by atoms with van der Waals surface area (Å²) < 4.78 is 7.41. The van der Waals surface area contributed by atoms with Crippen molar-refractivity contribution in [2.45, 2.75) is 44.4 Å². The molecule has 22 heavy (non-hydrogen) atoms. The molecule has 1 aliphatic heterocycles. The minimum atomic E-state index is -0.375. The van der Waals surface area contributed by atoms with E-state index in [-0.39, 0.29) is 12.1 Å². The van der Waals surface area contributed by atoms with Crippen molar-refractivity contribution in [2.75, 3.05) is 0 Å². The van der Waals surface area contributed by atoms with Gasteiger partial charge in [-0.25, -0.2) is 4.79 Å². The fourth-order valence-electron chi connectivity index (χ4n) is 2.88. The molecule has 1 saturated carbocycles. The van der Waals surface area contributed by atoms with Crippen LogP contribution in [0.4, 0.5) is 4.79 Å². The van der Waals surface area contributed by atoms with Crippen molar-refractivity contribution in [3.05, 3.63) is 47.5 Å². The number of hydrogen-bond donors (Lipinski definition) is 1. The van der Waals surface area contributed by atoms with E-state index in [9.17, 15) is 4.79 Å². The van der Waals surface area contributed by atoms with Crippen molar-refractivity contribution in [1.82, 2.24) is 20.1 Å². The number of fused-ring (bicyclic) bond motifs is 1. The maximum Gasteiger partial charge on any atom is 0.407 e. The average Bonchev–Trinajstić information content (AvgIpc) is 3.18.